The maximum Gasteiger partial charge on any atom is 0.242 e. The molecule has 0 aromatic heterocycles. The number of nitrogens with one attached hydrogen (secondary N) is 3. The van der Waals surface area contributed by atoms with Crippen molar-refractivity contribution in [1.29, 1.82) is 0 Å². The van der Waals surface area contributed by atoms with Gasteiger partial charge in [0.25, 0.3) is 0 Å². The molecule has 6 heteroatoms. The molecule has 0 rings (SSSR count). The molecule has 0 aliphatic heterocycles. The van der Waals surface area contributed by atoms with Gasteiger partial charge in [0, 0.05) is 12.0 Å². The summed E-state index contributed by atoms with van der Waals surface area (Å²) in [6, 6.07) is -1.40. The molecule has 6 nitrogen and oxygen atoms in total. The lowest BCUT2D eigenvalue weighted by atomic mass is 9.81. The fourth-order valence-corrected chi connectivity index (χ4v) is 1.76. The minimum Gasteiger partial charge on any atom is -0.351 e. The molecule has 0 aromatic carbocycles. The van der Waals surface area contributed by atoms with Crippen LogP contribution in [-0.2, 0) is 14.4 Å². The molecule has 0 aromatic rings. The largest absolute Gasteiger partial charge is 0.351 e. The van der Waals surface area contributed by atoms with Crippen molar-refractivity contribution in [2.45, 2.75) is 87.4 Å². The van der Waals surface area contributed by atoms with Crippen molar-refractivity contribution in [3.8, 4) is 0 Å². The van der Waals surface area contributed by atoms with Crippen molar-refractivity contribution in [2.75, 3.05) is 0 Å². The fourth-order valence-electron chi connectivity index (χ4n) is 1.76. The summed E-state index contributed by atoms with van der Waals surface area (Å²) < 4.78 is 0. The second-order valence-corrected chi connectivity index (χ2v) is 9.14. The zero-order valence-electron chi connectivity index (χ0n) is 17.5. The van der Waals surface area contributed by atoms with E-state index < -0.39 is 12.1 Å². The Morgan fingerprint density at radius 2 is 0.960 bits per heavy atom. The average molecular weight is 356 g/mol. The van der Waals surface area contributed by atoms with Gasteiger partial charge in [-0.15, -0.1) is 0 Å². The predicted octanol–water partition coefficient (Wildman–Crippen LogP) is 2.23. The van der Waals surface area contributed by atoms with E-state index in [9.17, 15) is 14.4 Å². The van der Waals surface area contributed by atoms with E-state index in [1.54, 1.807) is 13.8 Å². The monoisotopic (exact) mass is 355 g/mol. The lowest BCUT2D eigenvalue weighted by Crippen LogP contribution is -2.54. The van der Waals surface area contributed by atoms with Gasteiger partial charge in [0.05, 0.1) is 0 Å². The molecule has 25 heavy (non-hydrogen) atoms. The second-order valence-electron chi connectivity index (χ2n) is 9.14. The van der Waals surface area contributed by atoms with Crippen molar-refractivity contribution >= 4 is 17.7 Å². The Morgan fingerprint density at radius 1 is 0.600 bits per heavy atom. The lowest BCUT2D eigenvalue weighted by molar-refractivity contribution is -0.134. The summed E-state index contributed by atoms with van der Waals surface area (Å²) >= 11 is 0. The van der Waals surface area contributed by atoms with E-state index >= 15 is 0 Å². The van der Waals surface area contributed by atoms with Crippen molar-refractivity contribution < 1.29 is 14.4 Å². The van der Waals surface area contributed by atoms with Crippen LogP contribution in [0.2, 0.25) is 0 Å². The van der Waals surface area contributed by atoms with Crippen molar-refractivity contribution in [2.24, 2.45) is 16.7 Å². The molecule has 0 saturated carbocycles. The number of carbonyl (C=O) groups is 3. The van der Waals surface area contributed by atoms with E-state index in [0.717, 1.165) is 0 Å². The molecule has 0 aliphatic rings. The summed E-state index contributed by atoms with van der Waals surface area (Å²) in [5.41, 5.74) is -0.250. The Bertz CT molecular complexity index is 489. The van der Waals surface area contributed by atoms with Crippen LogP contribution < -0.4 is 16.0 Å². The summed E-state index contributed by atoms with van der Waals surface area (Å²) in [5, 5.41) is 8.27. The number of rotatable bonds is 6. The van der Waals surface area contributed by atoms with Gasteiger partial charge in [-0.05, 0) is 31.6 Å². The molecule has 4 unspecified atom stereocenters. The van der Waals surface area contributed by atoms with Crippen molar-refractivity contribution in [1.82, 2.24) is 16.0 Å². The molecule has 4 atom stereocenters. The van der Waals surface area contributed by atoms with Gasteiger partial charge in [0.2, 0.25) is 17.7 Å². The SMILES string of the molecule is CC(NC(=O)C(C)NC(=O)C(C)C(C)(C)C)C(=O)NC(C)C(C)(C)C. The van der Waals surface area contributed by atoms with Gasteiger partial charge in [-0.25, -0.2) is 0 Å². The van der Waals surface area contributed by atoms with Crippen molar-refractivity contribution in [3.05, 3.63) is 0 Å². The number of hydrogen-bond donors (Lipinski definition) is 3. The van der Waals surface area contributed by atoms with Gasteiger partial charge in [0.15, 0.2) is 0 Å². The first kappa shape index (κ1) is 23.4. The molecule has 3 amide bonds. The third-order valence-corrected chi connectivity index (χ3v) is 4.85. The number of carbonyl (C=O) groups excluding carboxylic acids is 3. The minimum atomic E-state index is -0.701. The molecular weight excluding hydrogens is 318 g/mol. The van der Waals surface area contributed by atoms with Crippen LogP contribution in [0.25, 0.3) is 0 Å². The number of hydrogen-bond acceptors (Lipinski definition) is 3. The van der Waals surface area contributed by atoms with Crippen LogP contribution in [0.15, 0.2) is 0 Å². The van der Waals surface area contributed by atoms with Crippen LogP contribution in [0.1, 0.15) is 69.2 Å². The molecular formula is C19H37N3O3. The highest BCUT2D eigenvalue weighted by atomic mass is 16.2. The van der Waals surface area contributed by atoms with Crippen LogP contribution in [0, 0.1) is 16.7 Å². The summed E-state index contributed by atoms with van der Waals surface area (Å²) in [6.45, 7) is 19.1. The van der Waals surface area contributed by atoms with E-state index in [1.807, 2.05) is 55.4 Å². The first-order chi connectivity index (χ1) is 11.1. The maximum atomic E-state index is 12.2. The first-order valence-electron chi connectivity index (χ1n) is 8.98. The Hall–Kier alpha value is -1.59. The molecule has 0 aliphatic carbocycles. The Labute approximate surface area is 152 Å². The van der Waals surface area contributed by atoms with E-state index in [1.165, 1.54) is 0 Å². The molecule has 0 bridgehead atoms. The zero-order chi connectivity index (χ0) is 20.2. The van der Waals surface area contributed by atoms with Crippen LogP contribution >= 0.6 is 0 Å². The predicted molar refractivity (Wildman–Crippen MR) is 101 cm³/mol. The summed E-state index contributed by atoms with van der Waals surface area (Å²) in [4.78, 5) is 36.7. The highest BCUT2D eigenvalue weighted by molar-refractivity contribution is 5.92. The van der Waals surface area contributed by atoms with Gasteiger partial charge < -0.3 is 16.0 Å². The Morgan fingerprint density at radius 3 is 1.32 bits per heavy atom. The minimum absolute atomic E-state index is 0.0240. The van der Waals surface area contributed by atoms with E-state index in [2.05, 4.69) is 16.0 Å². The first-order valence-corrected chi connectivity index (χ1v) is 8.98. The Balaban J connectivity index is 4.62. The fraction of sp³-hybridized carbons (Fsp3) is 0.842. The molecule has 0 heterocycles. The zero-order valence-corrected chi connectivity index (χ0v) is 17.5. The van der Waals surface area contributed by atoms with Crippen LogP contribution in [0.3, 0.4) is 0 Å². The topological polar surface area (TPSA) is 87.3 Å². The van der Waals surface area contributed by atoms with Crippen LogP contribution in [0.4, 0.5) is 0 Å². The van der Waals surface area contributed by atoms with Gasteiger partial charge in [-0.1, -0.05) is 48.5 Å². The third kappa shape index (κ3) is 7.88. The van der Waals surface area contributed by atoms with E-state index in [4.69, 9.17) is 0 Å². The van der Waals surface area contributed by atoms with Gasteiger partial charge in [-0.3, -0.25) is 14.4 Å². The molecule has 0 radical (unpaired) electrons. The smallest absolute Gasteiger partial charge is 0.242 e. The highest BCUT2D eigenvalue weighted by Gasteiger charge is 2.30. The van der Waals surface area contributed by atoms with E-state index in [-0.39, 0.29) is 40.5 Å². The van der Waals surface area contributed by atoms with Crippen molar-refractivity contribution in [3.63, 3.8) is 0 Å². The molecule has 0 fully saturated rings. The standard InChI is InChI=1S/C19H37N3O3/c1-11(18(5,6)7)15(23)20-12(2)16(24)21-13(3)17(25)22-14(4)19(8,9)10/h11-14H,1-10H3,(H,20,23)(H,21,24)(H,22,25). The second kappa shape index (κ2) is 8.68. The summed E-state index contributed by atoms with van der Waals surface area (Å²) in [6.07, 6.45) is 0. The molecule has 3 N–H and O–H groups in total. The van der Waals surface area contributed by atoms with E-state index in [0.29, 0.717) is 0 Å². The number of amides is 3. The third-order valence-electron chi connectivity index (χ3n) is 4.85. The van der Waals surface area contributed by atoms with Crippen LogP contribution in [-0.4, -0.2) is 35.8 Å². The molecule has 0 saturated heterocycles. The molecule has 0 spiro atoms. The molecule has 146 valence electrons. The van der Waals surface area contributed by atoms with Crippen LogP contribution in [0.5, 0.6) is 0 Å². The van der Waals surface area contributed by atoms with Gasteiger partial charge >= 0.3 is 0 Å². The van der Waals surface area contributed by atoms with Gasteiger partial charge in [-0.2, -0.15) is 0 Å². The average Bonchev–Trinajstić information content (AvgIpc) is 2.43. The summed E-state index contributed by atoms with van der Waals surface area (Å²) in [5.74, 6) is -1.01. The lowest BCUT2D eigenvalue weighted by Gasteiger charge is -2.30. The Kier molecular flexibility index (Phi) is 8.12. The maximum absolute atomic E-state index is 12.2. The summed E-state index contributed by atoms with van der Waals surface area (Å²) in [7, 11) is 0. The highest BCUT2D eigenvalue weighted by Crippen LogP contribution is 2.25. The quantitative estimate of drug-likeness (QED) is 0.683. The van der Waals surface area contributed by atoms with Gasteiger partial charge in [0.1, 0.15) is 12.1 Å². The normalized spacial score (nSPS) is 17.0.